The highest BCUT2D eigenvalue weighted by Crippen LogP contribution is 2.30. The van der Waals surface area contributed by atoms with Crippen LogP contribution >= 0.6 is 0 Å². The monoisotopic (exact) mass is 388 g/mol. The zero-order valence-electron chi connectivity index (χ0n) is 17.1. The average molecular weight is 389 g/mol. The van der Waals surface area contributed by atoms with E-state index in [4.69, 9.17) is 9.47 Å². The Morgan fingerprint density at radius 3 is 2.11 bits per heavy atom. The van der Waals surface area contributed by atoms with E-state index in [0.717, 1.165) is 25.7 Å². The summed E-state index contributed by atoms with van der Waals surface area (Å²) in [5, 5.41) is 0. The van der Waals surface area contributed by atoms with Crippen molar-refractivity contribution >= 4 is 17.7 Å². The average Bonchev–Trinajstić information content (AvgIpc) is 2.71. The summed E-state index contributed by atoms with van der Waals surface area (Å²) in [5.74, 6) is -0.0562. The largest absolute Gasteiger partial charge is 0.462 e. The lowest BCUT2D eigenvalue weighted by atomic mass is 9.80. The van der Waals surface area contributed by atoms with E-state index in [1.807, 2.05) is 0 Å². The maximum atomic E-state index is 12.3. The van der Waals surface area contributed by atoms with Crippen LogP contribution in [0.5, 0.6) is 5.75 Å². The Morgan fingerprint density at radius 2 is 1.50 bits per heavy atom. The molecule has 2 rings (SSSR count). The molecule has 0 N–H and O–H groups in total. The van der Waals surface area contributed by atoms with Gasteiger partial charge in [0.2, 0.25) is 0 Å². The van der Waals surface area contributed by atoms with Gasteiger partial charge in [0.25, 0.3) is 0 Å². The van der Waals surface area contributed by atoms with Crippen LogP contribution < -0.4 is 4.74 Å². The highest BCUT2D eigenvalue weighted by molar-refractivity contribution is 5.89. The van der Waals surface area contributed by atoms with Crippen LogP contribution in [0.2, 0.25) is 0 Å². The third-order valence-corrected chi connectivity index (χ3v) is 5.42. The van der Waals surface area contributed by atoms with Crippen LogP contribution in [0.25, 0.3) is 0 Å². The van der Waals surface area contributed by atoms with E-state index in [1.165, 1.54) is 19.3 Å². The van der Waals surface area contributed by atoms with Crippen LogP contribution in [0.1, 0.15) is 82.0 Å². The molecule has 0 unspecified atom stereocenters. The van der Waals surface area contributed by atoms with E-state index in [1.54, 1.807) is 31.2 Å². The van der Waals surface area contributed by atoms with Gasteiger partial charge in [0.1, 0.15) is 11.5 Å². The first-order chi connectivity index (χ1) is 13.5. The molecule has 0 amide bonds. The fraction of sp³-hybridized carbons (Fsp3) is 0.609. The van der Waals surface area contributed by atoms with Gasteiger partial charge in [-0.25, -0.2) is 4.79 Å². The second kappa shape index (κ2) is 11.6. The van der Waals surface area contributed by atoms with Crippen molar-refractivity contribution in [2.75, 3.05) is 6.61 Å². The minimum Gasteiger partial charge on any atom is -0.462 e. The first-order valence-electron chi connectivity index (χ1n) is 10.5. The highest BCUT2D eigenvalue weighted by Gasteiger charge is 2.29. The second-order valence-electron chi connectivity index (χ2n) is 7.65. The van der Waals surface area contributed by atoms with E-state index >= 15 is 0 Å². The SMILES string of the molecule is CCCCCCCOC(=O)c1ccc(OC(=O)C2CCC(C(C)=O)CC2)cc1. The van der Waals surface area contributed by atoms with Crippen molar-refractivity contribution < 1.29 is 23.9 Å². The Morgan fingerprint density at radius 1 is 0.893 bits per heavy atom. The quantitative estimate of drug-likeness (QED) is 0.316. The molecule has 0 atom stereocenters. The third-order valence-electron chi connectivity index (χ3n) is 5.42. The topological polar surface area (TPSA) is 69.7 Å². The van der Waals surface area contributed by atoms with Gasteiger partial charge in [-0.1, -0.05) is 32.6 Å². The smallest absolute Gasteiger partial charge is 0.338 e. The lowest BCUT2D eigenvalue weighted by Gasteiger charge is -2.25. The van der Waals surface area contributed by atoms with Gasteiger partial charge < -0.3 is 9.47 Å². The summed E-state index contributed by atoms with van der Waals surface area (Å²) in [7, 11) is 0. The number of hydrogen-bond donors (Lipinski definition) is 0. The fourth-order valence-corrected chi connectivity index (χ4v) is 3.55. The fourth-order valence-electron chi connectivity index (χ4n) is 3.55. The molecule has 1 aromatic rings. The summed E-state index contributed by atoms with van der Waals surface area (Å²) in [5.41, 5.74) is 0.454. The number of carbonyl (C=O) groups is 3. The number of hydrogen-bond acceptors (Lipinski definition) is 5. The van der Waals surface area contributed by atoms with Gasteiger partial charge in [0.05, 0.1) is 18.1 Å². The van der Waals surface area contributed by atoms with Crippen LogP contribution in [0.15, 0.2) is 24.3 Å². The zero-order valence-corrected chi connectivity index (χ0v) is 17.1. The maximum absolute atomic E-state index is 12.3. The standard InChI is InChI=1S/C23H32O5/c1-3-4-5-6-7-16-27-22(25)19-12-14-21(15-13-19)28-23(26)20-10-8-18(9-11-20)17(2)24/h12-15,18,20H,3-11,16H2,1-2H3. The van der Waals surface area contributed by atoms with Crippen LogP contribution in [-0.4, -0.2) is 24.3 Å². The molecule has 1 aliphatic rings. The summed E-state index contributed by atoms with van der Waals surface area (Å²) >= 11 is 0. The molecular formula is C23H32O5. The van der Waals surface area contributed by atoms with E-state index in [2.05, 4.69) is 6.92 Å². The maximum Gasteiger partial charge on any atom is 0.338 e. The molecule has 0 heterocycles. The molecular weight excluding hydrogens is 356 g/mol. The number of benzene rings is 1. The molecule has 0 radical (unpaired) electrons. The highest BCUT2D eigenvalue weighted by atomic mass is 16.5. The normalized spacial score (nSPS) is 19.1. The molecule has 154 valence electrons. The van der Waals surface area contributed by atoms with Crippen molar-refractivity contribution in [1.82, 2.24) is 0 Å². The Bertz CT molecular complexity index is 641. The zero-order chi connectivity index (χ0) is 20.4. The van der Waals surface area contributed by atoms with Crippen molar-refractivity contribution in [3.05, 3.63) is 29.8 Å². The molecule has 0 aliphatic heterocycles. The molecule has 0 aromatic heterocycles. The number of rotatable bonds is 10. The Kier molecular flexibility index (Phi) is 9.18. The Hall–Kier alpha value is -2.17. The first kappa shape index (κ1) is 22.1. The minimum atomic E-state index is -0.351. The second-order valence-corrected chi connectivity index (χ2v) is 7.65. The molecule has 5 heteroatoms. The molecule has 0 bridgehead atoms. The van der Waals surface area contributed by atoms with Crippen LogP contribution in [0.4, 0.5) is 0 Å². The third kappa shape index (κ3) is 7.10. The summed E-state index contributed by atoms with van der Waals surface area (Å²) in [6.07, 6.45) is 8.40. The molecule has 0 spiro atoms. The summed E-state index contributed by atoms with van der Waals surface area (Å²) in [6, 6.07) is 6.48. The van der Waals surface area contributed by atoms with Gasteiger partial charge in [-0.05, 0) is 63.3 Å². The summed E-state index contributed by atoms with van der Waals surface area (Å²) in [6.45, 7) is 4.21. The lowest BCUT2D eigenvalue weighted by Crippen LogP contribution is -2.27. The predicted octanol–water partition coefficient (Wildman–Crippen LogP) is 5.11. The number of esters is 2. The summed E-state index contributed by atoms with van der Waals surface area (Å²) < 4.78 is 10.7. The van der Waals surface area contributed by atoms with Gasteiger partial charge >= 0.3 is 11.9 Å². The van der Waals surface area contributed by atoms with Gasteiger partial charge in [0, 0.05) is 5.92 Å². The lowest BCUT2D eigenvalue weighted by molar-refractivity contribution is -0.141. The van der Waals surface area contributed by atoms with Crippen molar-refractivity contribution in [2.24, 2.45) is 11.8 Å². The van der Waals surface area contributed by atoms with Crippen molar-refractivity contribution in [3.8, 4) is 5.75 Å². The number of ketones is 1. The number of ether oxygens (including phenoxy) is 2. The molecule has 1 saturated carbocycles. The van der Waals surface area contributed by atoms with Crippen LogP contribution in [0, 0.1) is 11.8 Å². The van der Waals surface area contributed by atoms with Gasteiger partial charge in [-0.15, -0.1) is 0 Å². The molecule has 28 heavy (non-hydrogen) atoms. The van der Waals surface area contributed by atoms with E-state index in [-0.39, 0.29) is 29.6 Å². The molecule has 1 aliphatic carbocycles. The van der Waals surface area contributed by atoms with Gasteiger partial charge in [-0.3, -0.25) is 9.59 Å². The van der Waals surface area contributed by atoms with E-state index < -0.39 is 0 Å². The number of Topliss-reactive ketones (excluding diaryl/α,β-unsaturated/α-hetero) is 1. The molecule has 0 saturated heterocycles. The Labute approximate surface area is 167 Å². The summed E-state index contributed by atoms with van der Waals surface area (Å²) in [4.78, 5) is 35.8. The molecule has 1 fully saturated rings. The predicted molar refractivity (Wildman–Crippen MR) is 107 cm³/mol. The number of carbonyl (C=O) groups excluding carboxylic acids is 3. The van der Waals surface area contributed by atoms with E-state index in [9.17, 15) is 14.4 Å². The van der Waals surface area contributed by atoms with Crippen LogP contribution in [-0.2, 0) is 14.3 Å². The van der Waals surface area contributed by atoms with Crippen molar-refractivity contribution in [2.45, 2.75) is 71.6 Å². The van der Waals surface area contributed by atoms with Gasteiger partial charge in [-0.2, -0.15) is 0 Å². The van der Waals surface area contributed by atoms with E-state index in [0.29, 0.717) is 30.8 Å². The van der Waals surface area contributed by atoms with Crippen molar-refractivity contribution in [3.63, 3.8) is 0 Å². The minimum absolute atomic E-state index is 0.0843. The van der Waals surface area contributed by atoms with Crippen LogP contribution in [0.3, 0.4) is 0 Å². The molecule has 1 aromatic carbocycles. The van der Waals surface area contributed by atoms with Gasteiger partial charge in [0.15, 0.2) is 0 Å². The first-order valence-corrected chi connectivity index (χ1v) is 10.5. The number of unbranched alkanes of at least 4 members (excludes halogenated alkanes) is 4. The van der Waals surface area contributed by atoms with Crippen molar-refractivity contribution in [1.29, 1.82) is 0 Å². The molecule has 5 nitrogen and oxygen atoms in total. The Balaban J connectivity index is 1.74.